The van der Waals surface area contributed by atoms with Crippen LogP contribution in [-0.2, 0) is 9.47 Å². The Hall–Kier alpha value is -1.06. The fourth-order valence-corrected chi connectivity index (χ4v) is 1.37. The normalized spacial score (nSPS) is 36.5. The molecule has 0 aromatic carbocycles. The van der Waals surface area contributed by atoms with Gasteiger partial charge in [0.05, 0.1) is 18.5 Å². The lowest BCUT2D eigenvalue weighted by Gasteiger charge is -2.19. The average molecular weight is 180 g/mol. The Morgan fingerprint density at radius 3 is 2.77 bits per heavy atom. The summed E-state index contributed by atoms with van der Waals surface area (Å²) in [4.78, 5) is 0. The van der Waals surface area contributed by atoms with Gasteiger partial charge >= 0.3 is 0 Å². The van der Waals surface area contributed by atoms with Crippen molar-refractivity contribution < 1.29 is 14.6 Å². The van der Waals surface area contributed by atoms with Crippen LogP contribution in [0.2, 0.25) is 0 Å². The van der Waals surface area contributed by atoms with Crippen LogP contribution >= 0.6 is 0 Å². The van der Waals surface area contributed by atoms with Crippen LogP contribution < -0.4 is 0 Å². The number of rotatable bonds is 2. The van der Waals surface area contributed by atoms with Gasteiger partial charge in [0.25, 0.3) is 0 Å². The van der Waals surface area contributed by atoms with Gasteiger partial charge in [0.2, 0.25) is 6.29 Å². The molecule has 3 nitrogen and oxygen atoms in total. The Morgan fingerprint density at radius 2 is 2.15 bits per heavy atom. The van der Waals surface area contributed by atoms with Gasteiger partial charge in [-0.2, -0.15) is 0 Å². The van der Waals surface area contributed by atoms with Gasteiger partial charge in [-0.05, 0) is 12.2 Å². The van der Waals surface area contributed by atoms with E-state index in [-0.39, 0.29) is 18.5 Å². The molecule has 70 valence electrons. The topological polar surface area (TPSA) is 38.7 Å². The van der Waals surface area contributed by atoms with Gasteiger partial charge in [0.1, 0.15) is 0 Å². The van der Waals surface area contributed by atoms with Gasteiger partial charge in [0.15, 0.2) is 0 Å². The number of aliphatic hydroxyl groups is 1. The number of hydrogen-bond donors (Lipinski definition) is 1. The third-order valence-corrected chi connectivity index (χ3v) is 2.00. The molecule has 13 heavy (non-hydrogen) atoms. The number of allylic oxidation sites excluding steroid dienone is 2. The van der Waals surface area contributed by atoms with Crippen molar-refractivity contribution in [2.75, 3.05) is 0 Å². The minimum atomic E-state index is -0.367. The van der Waals surface area contributed by atoms with E-state index >= 15 is 0 Å². The minimum absolute atomic E-state index is 0.0313. The zero-order chi connectivity index (χ0) is 9.10. The lowest BCUT2D eigenvalue weighted by Crippen LogP contribution is -2.21. The highest BCUT2D eigenvalue weighted by Crippen LogP contribution is 2.17. The summed E-state index contributed by atoms with van der Waals surface area (Å²) in [6, 6.07) is 0. The third kappa shape index (κ3) is 2.20. The third-order valence-electron chi connectivity index (χ3n) is 2.00. The molecule has 0 amide bonds. The smallest absolute Gasteiger partial charge is 0.219 e. The van der Waals surface area contributed by atoms with Crippen molar-refractivity contribution in [3.63, 3.8) is 0 Å². The molecular weight excluding hydrogens is 168 g/mol. The number of ether oxygens (including phenoxy) is 2. The van der Waals surface area contributed by atoms with Crippen molar-refractivity contribution in [1.82, 2.24) is 0 Å². The summed E-state index contributed by atoms with van der Waals surface area (Å²) in [5, 5.41) is 9.19. The number of aliphatic hydroxyl groups excluding tert-OH is 1. The molecule has 1 heterocycles. The molecule has 0 aromatic rings. The van der Waals surface area contributed by atoms with Gasteiger partial charge in [-0.15, -0.1) is 0 Å². The monoisotopic (exact) mass is 180 g/mol. The second-order valence-electron chi connectivity index (χ2n) is 3.08. The van der Waals surface area contributed by atoms with Crippen molar-refractivity contribution in [2.45, 2.75) is 24.9 Å². The van der Waals surface area contributed by atoms with Crippen LogP contribution in [-0.4, -0.2) is 23.6 Å². The zero-order valence-corrected chi connectivity index (χ0v) is 7.17. The lowest BCUT2D eigenvalue weighted by molar-refractivity contribution is -0.101. The summed E-state index contributed by atoms with van der Waals surface area (Å²) < 4.78 is 10.7. The molecule has 0 saturated heterocycles. The molecule has 0 bridgehead atoms. The standard InChI is InChI=1S/C10H12O3/c11-8-4-5-9(7-8)13-10-3-1-2-6-12-10/h1-6,8-11H,7H2/t8-,9-,10-/m0/s1. The van der Waals surface area contributed by atoms with Crippen LogP contribution in [0.15, 0.2) is 36.6 Å². The first kappa shape index (κ1) is 8.53. The summed E-state index contributed by atoms with van der Waals surface area (Å²) in [6.45, 7) is 0. The molecule has 0 aromatic heterocycles. The minimum Gasteiger partial charge on any atom is -0.469 e. The van der Waals surface area contributed by atoms with E-state index in [0.717, 1.165) is 0 Å². The van der Waals surface area contributed by atoms with E-state index in [4.69, 9.17) is 9.47 Å². The predicted molar refractivity (Wildman–Crippen MR) is 47.8 cm³/mol. The molecule has 3 atom stereocenters. The molecule has 1 aliphatic carbocycles. The van der Waals surface area contributed by atoms with Gasteiger partial charge < -0.3 is 14.6 Å². The van der Waals surface area contributed by atoms with E-state index in [0.29, 0.717) is 6.42 Å². The van der Waals surface area contributed by atoms with Crippen LogP contribution in [0.4, 0.5) is 0 Å². The van der Waals surface area contributed by atoms with Gasteiger partial charge in [0, 0.05) is 6.42 Å². The molecule has 1 N–H and O–H groups in total. The quantitative estimate of drug-likeness (QED) is 0.647. The SMILES string of the molecule is O[C@H]1C=C[C@H](O[C@H]2C=CC=CO2)C1. The first-order chi connectivity index (χ1) is 6.34. The molecule has 2 aliphatic rings. The largest absolute Gasteiger partial charge is 0.469 e. The van der Waals surface area contributed by atoms with E-state index in [1.807, 2.05) is 18.2 Å². The highest BCUT2D eigenvalue weighted by atomic mass is 16.7. The van der Waals surface area contributed by atoms with Crippen molar-refractivity contribution in [2.24, 2.45) is 0 Å². The molecule has 2 rings (SSSR count). The Bertz CT molecular complexity index is 255. The molecule has 1 aliphatic heterocycles. The predicted octanol–water partition coefficient (Wildman–Crippen LogP) is 1.12. The maximum absolute atomic E-state index is 9.19. The van der Waals surface area contributed by atoms with Crippen molar-refractivity contribution in [1.29, 1.82) is 0 Å². The lowest BCUT2D eigenvalue weighted by atomic mass is 10.3. The van der Waals surface area contributed by atoms with Crippen LogP contribution in [0.3, 0.4) is 0 Å². The van der Waals surface area contributed by atoms with E-state index in [2.05, 4.69) is 0 Å². The average Bonchev–Trinajstić information content (AvgIpc) is 2.53. The van der Waals surface area contributed by atoms with E-state index < -0.39 is 0 Å². The van der Waals surface area contributed by atoms with Crippen LogP contribution in [0, 0.1) is 0 Å². The van der Waals surface area contributed by atoms with Crippen molar-refractivity contribution in [3.8, 4) is 0 Å². The molecule has 0 fully saturated rings. The fraction of sp³-hybridized carbons (Fsp3) is 0.400. The molecule has 0 spiro atoms. The molecule has 0 unspecified atom stereocenters. The van der Waals surface area contributed by atoms with Gasteiger partial charge in [-0.1, -0.05) is 18.2 Å². The Kier molecular flexibility index (Phi) is 2.47. The second-order valence-corrected chi connectivity index (χ2v) is 3.08. The molecule has 0 saturated carbocycles. The van der Waals surface area contributed by atoms with Crippen LogP contribution in [0.25, 0.3) is 0 Å². The van der Waals surface area contributed by atoms with E-state index in [9.17, 15) is 5.11 Å². The van der Waals surface area contributed by atoms with E-state index in [1.54, 1.807) is 18.4 Å². The number of hydrogen-bond acceptors (Lipinski definition) is 3. The summed E-state index contributed by atoms with van der Waals surface area (Å²) in [5.41, 5.74) is 0. The summed E-state index contributed by atoms with van der Waals surface area (Å²) >= 11 is 0. The molecule has 0 radical (unpaired) electrons. The first-order valence-electron chi connectivity index (χ1n) is 4.35. The Morgan fingerprint density at radius 1 is 1.23 bits per heavy atom. The first-order valence-corrected chi connectivity index (χ1v) is 4.35. The van der Waals surface area contributed by atoms with Crippen LogP contribution in [0.1, 0.15) is 6.42 Å². The second kappa shape index (κ2) is 3.77. The highest BCUT2D eigenvalue weighted by Gasteiger charge is 2.20. The maximum Gasteiger partial charge on any atom is 0.219 e. The van der Waals surface area contributed by atoms with Crippen LogP contribution in [0.5, 0.6) is 0 Å². The summed E-state index contributed by atoms with van der Waals surface area (Å²) in [6.07, 6.45) is 10.6. The maximum atomic E-state index is 9.19. The Balaban J connectivity index is 1.82. The Labute approximate surface area is 77.0 Å². The molecular formula is C10H12O3. The zero-order valence-electron chi connectivity index (χ0n) is 7.17. The summed E-state index contributed by atoms with van der Waals surface area (Å²) in [5.74, 6) is 0. The molecule has 3 heteroatoms. The van der Waals surface area contributed by atoms with Gasteiger partial charge in [-0.25, -0.2) is 0 Å². The summed E-state index contributed by atoms with van der Waals surface area (Å²) in [7, 11) is 0. The van der Waals surface area contributed by atoms with Crippen molar-refractivity contribution >= 4 is 0 Å². The van der Waals surface area contributed by atoms with Crippen molar-refractivity contribution in [3.05, 3.63) is 36.6 Å². The van der Waals surface area contributed by atoms with Gasteiger partial charge in [-0.3, -0.25) is 0 Å². The fourth-order valence-electron chi connectivity index (χ4n) is 1.37. The van der Waals surface area contributed by atoms with E-state index in [1.165, 1.54) is 0 Å². The highest BCUT2D eigenvalue weighted by molar-refractivity contribution is 5.08.